The van der Waals surface area contributed by atoms with E-state index in [-0.39, 0.29) is 0 Å². The summed E-state index contributed by atoms with van der Waals surface area (Å²) < 4.78 is 0. The zero-order valence-electron chi connectivity index (χ0n) is 11.3. The van der Waals surface area contributed by atoms with Crippen LogP contribution in [0.4, 0.5) is 0 Å². The Morgan fingerprint density at radius 1 is 1.11 bits per heavy atom. The predicted octanol–water partition coefficient (Wildman–Crippen LogP) is 2.86. The number of hydrogen-bond donors (Lipinski definition) is 1. The van der Waals surface area contributed by atoms with E-state index in [2.05, 4.69) is 28.2 Å². The Balaban J connectivity index is 2.03. The summed E-state index contributed by atoms with van der Waals surface area (Å²) in [6.45, 7) is 3.41. The number of hydrogen-bond acceptors (Lipinski definition) is 3. The van der Waals surface area contributed by atoms with Crippen LogP contribution in [0.1, 0.15) is 37.2 Å². The highest BCUT2D eigenvalue weighted by Gasteiger charge is 2.20. The number of aliphatic hydroxyl groups is 1. The van der Waals surface area contributed by atoms with Crippen molar-refractivity contribution in [1.82, 2.24) is 9.97 Å². The van der Waals surface area contributed by atoms with Gasteiger partial charge in [-0.25, -0.2) is 9.97 Å². The van der Waals surface area contributed by atoms with E-state index in [1.165, 1.54) is 24.0 Å². The molecular formula is C16H18N2O. The summed E-state index contributed by atoms with van der Waals surface area (Å²) in [5, 5.41) is 9.99. The number of benzene rings is 1. The van der Waals surface area contributed by atoms with Crippen molar-refractivity contribution in [2.24, 2.45) is 0 Å². The number of aromatic nitrogens is 2. The van der Waals surface area contributed by atoms with Crippen LogP contribution in [0, 0.1) is 0 Å². The first-order chi connectivity index (χ1) is 9.04. The molecule has 1 aromatic heterocycles. The standard InChI is InChI=1S/C16H18N2O/c1-16(2,19)15-17-9-8-14(18-15)13-7-6-11-4-3-5-12(11)10-13/h6-10,19H,3-5H2,1-2H3. The molecule has 1 N–H and O–H groups in total. The van der Waals surface area contributed by atoms with Crippen molar-refractivity contribution in [2.75, 3.05) is 0 Å². The van der Waals surface area contributed by atoms with Crippen molar-refractivity contribution in [3.8, 4) is 11.3 Å². The van der Waals surface area contributed by atoms with E-state index in [9.17, 15) is 5.11 Å². The van der Waals surface area contributed by atoms with Crippen molar-refractivity contribution in [1.29, 1.82) is 0 Å². The summed E-state index contributed by atoms with van der Waals surface area (Å²) in [4.78, 5) is 8.63. The van der Waals surface area contributed by atoms with Crippen molar-refractivity contribution < 1.29 is 5.11 Å². The molecule has 3 nitrogen and oxygen atoms in total. The maximum atomic E-state index is 9.99. The van der Waals surface area contributed by atoms with Gasteiger partial charge in [-0.3, -0.25) is 0 Å². The van der Waals surface area contributed by atoms with Gasteiger partial charge in [-0.2, -0.15) is 0 Å². The fraction of sp³-hybridized carbons (Fsp3) is 0.375. The van der Waals surface area contributed by atoms with Crippen molar-refractivity contribution >= 4 is 0 Å². The quantitative estimate of drug-likeness (QED) is 0.896. The second-order valence-corrected chi connectivity index (χ2v) is 5.66. The summed E-state index contributed by atoms with van der Waals surface area (Å²) in [5.74, 6) is 0.463. The van der Waals surface area contributed by atoms with E-state index in [1.807, 2.05) is 6.07 Å². The topological polar surface area (TPSA) is 46.0 Å². The van der Waals surface area contributed by atoms with Crippen molar-refractivity contribution in [3.05, 3.63) is 47.4 Å². The van der Waals surface area contributed by atoms with Gasteiger partial charge in [0.15, 0.2) is 5.82 Å². The maximum Gasteiger partial charge on any atom is 0.159 e. The Kier molecular flexibility index (Phi) is 2.86. The molecule has 19 heavy (non-hydrogen) atoms. The van der Waals surface area contributed by atoms with E-state index in [0.29, 0.717) is 5.82 Å². The lowest BCUT2D eigenvalue weighted by Gasteiger charge is -2.16. The van der Waals surface area contributed by atoms with Crippen LogP contribution >= 0.6 is 0 Å². The van der Waals surface area contributed by atoms with Crippen LogP contribution in [0.5, 0.6) is 0 Å². The molecule has 0 fully saturated rings. The molecule has 1 heterocycles. The third kappa shape index (κ3) is 2.38. The lowest BCUT2D eigenvalue weighted by atomic mass is 10.0. The minimum absolute atomic E-state index is 0.463. The van der Waals surface area contributed by atoms with Gasteiger partial charge in [0.25, 0.3) is 0 Å². The zero-order chi connectivity index (χ0) is 13.5. The zero-order valence-corrected chi connectivity index (χ0v) is 11.3. The highest BCUT2D eigenvalue weighted by Crippen LogP contribution is 2.27. The van der Waals surface area contributed by atoms with Crippen LogP contribution in [0.25, 0.3) is 11.3 Å². The highest BCUT2D eigenvalue weighted by molar-refractivity contribution is 5.61. The van der Waals surface area contributed by atoms with Gasteiger partial charge in [-0.1, -0.05) is 12.1 Å². The Labute approximate surface area is 113 Å². The number of fused-ring (bicyclic) bond motifs is 1. The molecule has 1 aliphatic rings. The lowest BCUT2D eigenvalue weighted by Crippen LogP contribution is -2.19. The summed E-state index contributed by atoms with van der Waals surface area (Å²) >= 11 is 0. The van der Waals surface area contributed by atoms with Gasteiger partial charge >= 0.3 is 0 Å². The van der Waals surface area contributed by atoms with Gasteiger partial charge in [0.05, 0.1) is 5.69 Å². The molecule has 0 saturated carbocycles. The highest BCUT2D eigenvalue weighted by atomic mass is 16.3. The summed E-state index contributed by atoms with van der Waals surface area (Å²) in [6, 6.07) is 8.43. The fourth-order valence-electron chi connectivity index (χ4n) is 2.55. The average molecular weight is 254 g/mol. The molecule has 0 saturated heterocycles. The van der Waals surface area contributed by atoms with Crippen LogP contribution in [-0.2, 0) is 18.4 Å². The van der Waals surface area contributed by atoms with Crippen molar-refractivity contribution in [2.45, 2.75) is 38.7 Å². The minimum Gasteiger partial charge on any atom is -0.382 e. The first-order valence-corrected chi connectivity index (χ1v) is 6.72. The Hall–Kier alpha value is -1.74. The van der Waals surface area contributed by atoms with E-state index >= 15 is 0 Å². The van der Waals surface area contributed by atoms with Gasteiger partial charge in [-0.05, 0) is 56.4 Å². The maximum absolute atomic E-state index is 9.99. The van der Waals surface area contributed by atoms with E-state index < -0.39 is 5.60 Å². The fourth-order valence-corrected chi connectivity index (χ4v) is 2.55. The molecule has 3 rings (SSSR count). The normalized spacial score (nSPS) is 14.5. The van der Waals surface area contributed by atoms with Crippen LogP contribution in [0.3, 0.4) is 0 Å². The average Bonchev–Trinajstić information content (AvgIpc) is 2.85. The Bertz CT molecular complexity index is 614. The largest absolute Gasteiger partial charge is 0.382 e. The molecule has 0 spiro atoms. The second-order valence-electron chi connectivity index (χ2n) is 5.66. The molecule has 98 valence electrons. The smallest absolute Gasteiger partial charge is 0.159 e. The third-order valence-electron chi connectivity index (χ3n) is 3.60. The minimum atomic E-state index is -1.01. The molecule has 0 atom stereocenters. The molecule has 0 amide bonds. The monoisotopic (exact) mass is 254 g/mol. The van der Waals surface area contributed by atoms with Crippen LogP contribution in [0.2, 0.25) is 0 Å². The lowest BCUT2D eigenvalue weighted by molar-refractivity contribution is 0.0688. The van der Waals surface area contributed by atoms with Crippen LogP contribution in [0.15, 0.2) is 30.5 Å². The van der Waals surface area contributed by atoms with Gasteiger partial charge in [0, 0.05) is 11.8 Å². The summed E-state index contributed by atoms with van der Waals surface area (Å²) in [7, 11) is 0. The first-order valence-electron chi connectivity index (χ1n) is 6.72. The summed E-state index contributed by atoms with van der Waals surface area (Å²) in [6.07, 6.45) is 5.31. The molecular weight excluding hydrogens is 236 g/mol. The first kappa shape index (κ1) is 12.3. The molecule has 2 aromatic rings. The third-order valence-corrected chi connectivity index (χ3v) is 3.60. The SMILES string of the molecule is CC(C)(O)c1nccc(-c2ccc3c(c2)CCC3)n1. The molecule has 0 aliphatic heterocycles. The van der Waals surface area contributed by atoms with Crippen molar-refractivity contribution in [3.63, 3.8) is 0 Å². The van der Waals surface area contributed by atoms with E-state index in [4.69, 9.17) is 0 Å². The molecule has 1 aliphatic carbocycles. The Morgan fingerprint density at radius 2 is 1.89 bits per heavy atom. The molecule has 3 heteroatoms. The number of nitrogens with zero attached hydrogens (tertiary/aromatic N) is 2. The van der Waals surface area contributed by atoms with Gasteiger partial charge in [0.2, 0.25) is 0 Å². The van der Waals surface area contributed by atoms with E-state index in [0.717, 1.165) is 17.7 Å². The van der Waals surface area contributed by atoms with Gasteiger partial charge in [-0.15, -0.1) is 0 Å². The molecule has 0 bridgehead atoms. The Morgan fingerprint density at radius 3 is 2.68 bits per heavy atom. The predicted molar refractivity (Wildman–Crippen MR) is 74.7 cm³/mol. The molecule has 0 unspecified atom stereocenters. The van der Waals surface area contributed by atoms with Gasteiger partial charge in [0.1, 0.15) is 5.60 Å². The number of rotatable bonds is 2. The van der Waals surface area contributed by atoms with Crippen LogP contribution < -0.4 is 0 Å². The van der Waals surface area contributed by atoms with Crippen LogP contribution in [-0.4, -0.2) is 15.1 Å². The van der Waals surface area contributed by atoms with E-state index in [1.54, 1.807) is 20.0 Å². The molecule has 0 radical (unpaired) electrons. The molecule has 1 aromatic carbocycles. The second kappa shape index (κ2) is 4.42. The summed E-state index contributed by atoms with van der Waals surface area (Å²) in [5.41, 5.74) is 3.86. The number of aryl methyl sites for hydroxylation is 2. The van der Waals surface area contributed by atoms with Gasteiger partial charge < -0.3 is 5.11 Å².